The van der Waals surface area contributed by atoms with Crippen LogP contribution in [0.1, 0.15) is 25.3 Å². The molecule has 0 aliphatic heterocycles. The smallest absolute Gasteiger partial charge is 0.322 e. The van der Waals surface area contributed by atoms with Crippen molar-refractivity contribution in [3.05, 3.63) is 44.8 Å². The lowest BCUT2D eigenvalue weighted by atomic mass is 10.0. The average molecular weight is 459 g/mol. The Labute approximate surface area is 156 Å². The van der Waals surface area contributed by atoms with Gasteiger partial charge in [-0.1, -0.05) is 13.8 Å². The van der Waals surface area contributed by atoms with Gasteiger partial charge in [0.25, 0.3) is 0 Å². The van der Waals surface area contributed by atoms with E-state index < -0.39 is 5.97 Å². The van der Waals surface area contributed by atoms with Crippen LogP contribution in [0.15, 0.2) is 39.3 Å². The van der Waals surface area contributed by atoms with Crippen LogP contribution in [0, 0.1) is 0 Å². The molecule has 0 amide bonds. The van der Waals surface area contributed by atoms with Gasteiger partial charge in [-0.2, -0.15) is 0 Å². The molecule has 0 spiro atoms. The van der Waals surface area contributed by atoms with Crippen LogP contribution in [0.4, 0.5) is 5.69 Å². The highest BCUT2D eigenvalue weighted by Gasteiger charge is 2.13. The Kier molecular flexibility index (Phi) is 6.12. The molecule has 24 heavy (non-hydrogen) atoms. The van der Waals surface area contributed by atoms with E-state index in [4.69, 9.17) is 9.84 Å². The molecule has 0 aromatic heterocycles. The molecular formula is C17H17Br2NO4. The Hall–Kier alpha value is -1.73. The van der Waals surface area contributed by atoms with Crippen molar-refractivity contribution in [3.8, 4) is 17.2 Å². The molecule has 3 N–H and O–H groups in total. The number of phenols is 1. The summed E-state index contributed by atoms with van der Waals surface area (Å²) in [6, 6.07) is 8.58. The lowest BCUT2D eigenvalue weighted by molar-refractivity contribution is -0.134. The molecule has 0 fully saturated rings. The molecule has 2 rings (SSSR count). The van der Waals surface area contributed by atoms with Gasteiger partial charge in [-0.15, -0.1) is 0 Å². The van der Waals surface area contributed by atoms with E-state index in [2.05, 4.69) is 37.2 Å². The molecule has 128 valence electrons. The number of aliphatic carboxylic acids is 1. The minimum Gasteiger partial charge on any atom is -0.508 e. The normalized spacial score (nSPS) is 10.7. The van der Waals surface area contributed by atoms with Gasteiger partial charge < -0.3 is 20.3 Å². The fourth-order valence-electron chi connectivity index (χ4n) is 2.11. The van der Waals surface area contributed by atoms with Crippen molar-refractivity contribution in [3.63, 3.8) is 0 Å². The number of ether oxygens (including phenoxy) is 1. The fraction of sp³-hybridized carbons (Fsp3) is 0.235. The molecule has 0 aliphatic rings. The molecule has 2 aromatic rings. The number of carbonyl (C=O) groups is 1. The van der Waals surface area contributed by atoms with E-state index in [1.807, 2.05) is 13.8 Å². The summed E-state index contributed by atoms with van der Waals surface area (Å²) < 4.78 is 7.26. The molecular weight excluding hydrogens is 442 g/mol. The third kappa shape index (κ3) is 4.64. The van der Waals surface area contributed by atoms with Crippen LogP contribution in [0.25, 0.3) is 0 Å². The first-order valence-corrected chi connectivity index (χ1v) is 8.82. The average Bonchev–Trinajstić information content (AvgIpc) is 2.50. The van der Waals surface area contributed by atoms with Crippen molar-refractivity contribution in [1.29, 1.82) is 0 Å². The van der Waals surface area contributed by atoms with Crippen LogP contribution in [-0.2, 0) is 4.79 Å². The van der Waals surface area contributed by atoms with E-state index >= 15 is 0 Å². The molecule has 2 aromatic carbocycles. The number of carboxylic acids is 1. The molecule has 7 heteroatoms. The maximum atomic E-state index is 10.6. The summed E-state index contributed by atoms with van der Waals surface area (Å²) in [5.74, 6) is 0.639. The summed E-state index contributed by atoms with van der Waals surface area (Å²) in [5.41, 5.74) is 1.46. The number of phenolic OH excluding ortho intramolecular Hbond substituents is 1. The summed E-state index contributed by atoms with van der Waals surface area (Å²) in [7, 11) is 0. The predicted octanol–water partition coefficient (Wildman–Crippen LogP) is 5.33. The number of benzene rings is 2. The standard InChI is InChI=1S/C17H17Br2NO4/c1-9(2)12-7-11(3-4-15(12)21)24-17-13(18)5-10(6-14(17)19)20-8-16(22)23/h3-7,9,20-21H,8H2,1-2H3,(H,22,23). The van der Waals surface area contributed by atoms with Crippen LogP contribution in [-0.4, -0.2) is 22.7 Å². The van der Waals surface area contributed by atoms with E-state index in [0.717, 1.165) is 5.56 Å². The lowest BCUT2D eigenvalue weighted by Crippen LogP contribution is -2.12. The zero-order valence-corrected chi connectivity index (χ0v) is 16.3. The van der Waals surface area contributed by atoms with Crippen LogP contribution in [0.5, 0.6) is 17.2 Å². The topological polar surface area (TPSA) is 78.8 Å². The molecule has 0 unspecified atom stereocenters. The summed E-state index contributed by atoms with van der Waals surface area (Å²) in [5, 5.41) is 21.4. The zero-order chi connectivity index (χ0) is 17.9. The lowest BCUT2D eigenvalue weighted by Gasteiger charge is -2.15. The molecule has 0 radical (unpaired) electrons. The number of carboxylic acid groups (broad SMARTS) is 1. The predicted molar refractivity (Wildman–Crippen MR) is 100 cm³/mol. The number of halogens is 2. The third-order valence-electron chi connectivity index (χ3n) is 3.28. The minimum absolute atomic E-state index is 0.169. The number of aromatic hydroxyl groups is 1. The van der Waals surface area contributed by atoms with E-state index in [9.17, 15) is 9.90 Å². The minimum atomic E-state index is -0.937. The second-order valence-electron chi connectivity index (χ2n) is 5.49. The highest BCUT2D eigenvalue weighted by Crippen LogP contribution is 2.40. The van der Waals surface area contributed by atoms with Gasteiger partial charge in [0, 0.05) is 11.3 Å². The van der Waals surface area contributed by atoms with Crippen molar-refractivity contribution < 1.29 is 19.7 Å². The summed E-state index contributed by atoms with van der Waals surface area (Å²) in [6.45, 7) is 3.82. The van der Waals surface area contributed by atoms with E-state index in [-0.39, 0.29) is 18.2 Å². The van der Waals surface area contributed by atoms with Crippen molar-refractivity contribution in [1.82, 2.24) is 0 Å². The highest BCUT2D eigenvalue weighted by atomic mass is 79.9. The van der Waals surface area contributed by atoms with Gasteiger partial charge in [-0.05, 0) is 68.1 Å². The van der Waals surface area contributed by atoms with E-state index in [1.54, 1.807) is 30.3 Å². The molecule has 5 nitrogen and oxygen atoms in total. The summed E-state index contributed by atoms with van der Waals surface area (Å²) in [6.07, 6.45) is 0. The Morgan fingerprint density at radius 1 is 1.21 bits per heavy atom. The van der Waals surface area contributed by atoms with Crippen LogP contribution in [0.3, 0.4) is 0 Å². The van der Waals surface area contributed by atoms with Gasteiger partial charge in [-0.25, -0.2) is 0 Å². The molecule has 0 aliphatic carbocycles. The maximum absolute atomic E-state index is 10.6. The second-order valence-corrected chi connectivity index (χ2v) is 7.20. The Balaban J connectivity index is 2.27. The van der Waals surface area contributed by atoms with Gasteiger partial charge in [0.05, 0.1) is 8.95 Å². The van der Waals surface area contributed by atoms with E-state index in [1.165, 1.54) is 0 Å². The first-order chi connectivity index (χ1) is 11.3. The zero-order valence-electron chi connectivity index (χ0n) is 13.1. The second kappa shape index (κ2) is 7.90. The number of nitrogens with one attached hydrogen (secondary N) is 1. The molecule has 0 saturated carbocycles. The quantitative estimate of drug-likeness (QED) is 0.545. The van der Waals surface area contributed by atoms with Gasteiger partial charge in [0.15, 0.2) is 5.75 Å². The van der Waals surface area contributed by atoms with Gasteiger partial charge in [-0.3, -0.25) is 4.79 Å². The van der Waals surface area contributed by atoms with Crippen molar-refractivity contribution in [2.24, 2.45) is 0 Å². The number of hydrogen-bond donors (Lipinski definition) is 3. The van der Waals surface area contributed by atoms with Gasteiger partial charge in [0.2, 0.25) is 0 Å². The van der Waals surface area contributed by atoms with E-state index in [0.29, 0.717) is 26.1 Å². The fourth-order valence-corrected chi connectivity index (χ4v) is 3.46. The van der Waals surface area contributed by atoms with Crippen molar-refractivity contribution in [2.45, 2.75) is 19.8 Å². The number of hydrogen-bond acceptors (Lipinski definition) is 4. The first-order valence-electron chi connectivity index (χ1n) is 7.23. The third-order valence-corrected chi connectivity index (χ3v) is 4.46. The summed E-state index contributed by atoms with van der Waals surface area (Å²) >= 11 is 6.87. The molecule has 0 bridgehead atoms. The number of anilines is 1. The molecule has 0 saturated heterocycles. The Morgan fingerprint density at radius 3 is 2.38 bits per heavy atom. The SMILES string of the molecule is CC(C)c1cc(Oc2c(Br)cc(NCC(=O)O)cc2Br)ccc1O. The highest BCUT2D eigenvalue weighted by molar-refractivity contribution is 9.11. The first kappa shape index (κ1) is 18.6. The van der Waals surface area contributed by atoms with Crippen LogP contribution < -0.4 is 10.1 Å². The summed E-state index contributed by atoms with van der Waals surface area (Å²) in [4.78, 5) is 10.6. The van der Waals surface area contributed by atoms with Crippen LogP contribution in [0.2, 0.25) is 0 Å². The van der Waals surface area contributed by atoms with Crippen molar-refractivity contribution >= 4 is 43.5 Å². The molecule has 0 atom stereocenters. The largest absolute Gasteiger partial charge is 0.508 e. The maximum Gasteiger partial charge on any atom is 0.322 e. The Morgan fingerprint density at radius 2 is 1.83 bits per heavy atom. The van der Waals surface area contributed by atoms with Gasteiger partial charge in [0.1, 0.15) is 18.0 Å². The monoisotopic (exact) mass is 457 g/mol. The van der Waals surface area contributed by atoms with Crippen molar-refractivity contribution in [2.75, 3.05) is 11.9 Å². The Bertz CT molecular complexity index is 739. The number of rotatable bonds is 6. The van der Waals surface area contributed by atoms with Gasteiger partial charge >= 0.3 is 5.97 Å². The van der Waals surface area contributed by atoms with Crippen LogP contribution >= 0.6 is 31.9 Å². The molecule has 0 heterocycles.